The molecular formula is C12H14F10N2O2. The van der Waals surface area contributed by atoms with E-state index in [0.717, 1.165) is 0 Å². The zero-order valence-electron chi connectivity index (χ0n) is 12.8. The van der Waals surface area contributed by atoms with E-state index in [1.54, 1.807) is 0 Å². The molecule has 0 rings (SSSR count). The molecule has 0 radical (unpaired) electrons. The van der Waals surface area contributed by atoms with Gasteiger partial charge in [-0.3, -0.25) is 9.59 Å². The Labute approximate surface area is 140 Å². The summed E-state index contributed by atoms with van der Waals surface area (Å²) in [6, 6.07) is 0. The lowest BCUT2D eigenvalue weighted by Crippen LogP contribution is -2.50. The van der Waals surface area contributed by atoms with E-state index in [4.69, 9.17) is 0 Å². The van der Waals surface area contributed by atoms with Crippen LogP contribution in [0.4, 0.5) is 43.9 Å². The average Bonchev–Trinajstić information content (AvgIpc) is 2.46. The summed E-state index contributed by atoms with van der Waals surface area (Å²) in [5.41, 5.74) is 0. The summed E-state index contributed by atoms with van der Waals surface area (Å²) in [4.78, 5) is 21.4. The second-order valence-corrected chi connectivity index (χ2v) is 5.07. The van der Waals surface area contributed by atoms with E-state index in [1.165, 1.54) is 10.6 Å². The van der Waals surface area contributed by atoms with Crippen LogP contribution < -0.4 is 10.6 Å². The Morgan fingerprint density at radius 1 is 0.538 bits per heavy atom. The molecule has 0 aliphatic heterocycles. The molecule has 0 aromatic carbocycles. The standard InChI is InChI=1S/C12H14F10N2O2/c13-9(14,11(17,18)19)7(25)23-5-3-1-2-4-6-24-8(26)10(15,16)12(20,21)22/h1-6H2,(H,23,25)(H,24,26). The molecule has 14 heteroatoms. The van der Waals surface area contributed by atoms with Crippen LogP contribution in [0.15, 0.2) is 0 Å². The van der Waals surface area contributed by atoms with E-state index in [2.05, 4.69) is 0 Å². The molecule has 2 N–H and O–H groups in total. The highest BCUT2D eigenvalue weighted by Crippen LogP contribution is 2.36. The van der Waals surface area contributed by atoms with Crippen LogP contribution >= 0.6 is 0 Å². The van der Waals surface area contributed by atoms with Crippen molar-refractivity contribution in [2.24, 2.45) is 0 Å². The molecule has 0 aromatic rings. The number of halogens is 10. The van der Waals surface area contributed by atoms with Gasteiger partial charge in [-0.05, 0) is 12.8 Å². The molecule has 4 nitrogen and oxygen atoms in total. The van der Waals surface area contributed by atoms with Crippen molar-refractivity contribution < 1.29 is 53.5 Å². The Balaban J connectivity index is 3.94. The lowest BCUT2D eigenvalue weighted by Gasteiger charge is -2.19. The first-order valence-corrected chi connectivity index (χ1v) is 7.01. The predicted octanol–water partition coefficient (Wildman–Crippen LogP) is 3.17. The van der Waals surface area contributed by atoms with E-state index in [-0.39, 0.29) is 25.7 Å². The number of nitrogens with one attached hydrogen (secondary N) is 2. The summed E-state index contributed by atoms with van der Waals surface area (Å²) in [5.74, 6) is -16.1. The van der Waals surface area contributed by atoms with Gasteiger partial charge in [0.05, 0.1) is 0 Å². The third-order valence-electron chi connectivity index (χ3n) is 2.96. The minimum Gasteiger partial charge on any atom is -0.351 e. The summed E-state index contributed by atoms with van der Waals surface area (Å²) >= 11 is 0. The first kappa shape index (κ1) is 24.2. The molecule has 0 bridgehead atoms. The second kappa shape index (κ2) is 8.75. The van der Waals surface area contributed by atoms with Gasteiger partial charge in [0, 0.05) is 13.1 Å². The summed E-state index contributed by atoms with van der Waals surface area (Å²) < 4.78 is 121. The van der Waals surface area contributed by atoms with Crippen LogP contribution in [0, 0.1) is 0 Å². The Kier molecular flexibility index (Phi) is 8.16. The van der Waals surface area contributed by atoms with Crippen LogP contribution in [0.3, 0.4) is 0 Å². The molecule has 0 atom stereocenters. The highest BCUT2D eigenvalue weighted by atomic mass is 19.4. The molecule has 0 aliphatic rings. The van der Waals surface area contributed by atoms with Gasteiger partial charge in [0.15, 0.2) is 0 Å². The summed E-state index contributed by atoms with van der Waals surface area (Å²) in [5, 5.41) is 2.74. The molecule has 2 amide bonds. The van der Waals surface area contributed by atoms with Crippen LogP contribution in [-0.2, 0) is 9.59 Å². The van der Waals surface area contributed by atoms with Gasteiger partial charge in [0.25, 0.3) is 11.8 Å². The van der Waals surface area contributed by atoms with Gasteiger partial charge in [-0.25, -0.2) is 0 Å². The molecular weight excluding hydrogens is 394 g/mol. The minimum atomic E-state index is -6.03. The van der Waals surface area contributed by atoms with Crippen LogP contribution in [-0.4, -0.2) is 49.1 Å². The van der Waals surface area contributed by atoms with E-state index >= 15 is 0 Å². The fraction of sp³-hybridized carbons (Fsp3) is 0.833. The van der Waals surface area contributed by atoms with Crippen LogP contribution in [0.2, 0.25) is 0 Å². The minimum absolute atomic E-state index is 0.0493. The number of hydrogen-bond acceptors (Lipinski definition) is 2. The molecule has 0 saturated heterocycles. The van der Waals surface area contributed by atoms with Gasteiger partial charge in [-0.15, -0.1) is 0 Å². The summed E-state index contributed by atoms with van der Waals surface area (Å²) in [7, 11) is 0. The lowest BCUT2D eigenvalue weighted by molar-refractivity contribution is -0.270. The monoisotopic (exact) mass is 408 g/mol. The van der Waals surface area contributed by atoms with Crippen LogP contribution in [0.1, 0.15) is 25.7 Å². The topological polar surface area (TPSA) is 58.2 Å². The number of unbranched alkanes of at least 4 members (excludes halogenated alkanes) is 3. The van der Waals surface area contributed by atoms with Gasteiger partial charge in [0.2, 0.25) is 0 Å². The molecule has 0 aromatic heterocycles. The molecule has 0 spiro atoms. The zero-order chi connectivity index (χ0) is 20.8. The Bertz CT molecular complexity index is 443. The number of alkyl halides is 10. The molecule has 0 fully saturated rings. The lowest BCUT2D eigenvalue weighted by atomic mass is 10.2. The maximum absolute atomic E-state index is 12.5. The smallest absolute Gasteiger partial charge is 0.351 e. The number of carbonyl (C=O) groups is 2. The van der Waals surface area contributed by atoms with Gasteiger partial charge in [0.1, 0.15) is 0 Å². The van der Waals surface area contributed by atoms with Gasteiger partial charge in [-0.2, -0.15) is 43.9 Å². The number of carbonyl (C=O) groups excluding carboxylic acids is 2. The average molecular weight is 408 g/mol. The Morgan fingerprint density at radius 2 is 0.808 bits per heavy atom. The maximum Gasteiger partial charge on any atom is 0.463 e. The van der Waals surface area contributed by atoms with Crippen molar-refractivity contribution in [3.05, 3.63) is 0 Å². The first-order valence-electron chi connectivity index (χ1n) is 7.01. The second-order valence-electron chi connectivity index (χ2n) is 5.07. The van der Waals surface area contributed by atoms with Crippen molar-refractivity contribution in [2.75, 3.05) is 13.1 Å². The third-order valence-corrected chi connectivity index (χ3v) is 2.96. The third kappa shape index (κ3) is 6.52. The zero-order valence-corrected chi connectivity index (χ0v) is 12.8. The van der Waals surface area contributed by atoms with Crippen molar-refractivity contribution in [3.63, 3.8) is 0 Å². The van der Waals surface area contributed by atoms with Crippen molar-refractivity contribution in [1.29, 1.82) is 0 Å². The molecule has 0 unspecified atom stereocenters. The first-order chi connectivity index (χ1) is 11.5. The SMILES string of the molecule is O=C(NCCCCCCNC(=O)C(F)(F)C(F)(F)F)C(F)(F)C(F)(F)F. The highest BCUT2D eigenvalue weighted by molar-refractivity contribution is 5.84. The van der Waals surface area contributed by atoms with Gasteiger partial charge in [-0.1, -0.05) is 12.8 Å². The van der Waals surface area contributed by atoms with Crippen molar-refractivity contribution in [2.45, 2.75) is 49.9 Å². The highest BCUT2D eigenvalue weighted by Gasteiger charge is 2.64. The molecule has 154 valence electrons. The van der Waals surface area contributed by atoms with E-state index in [1.807, 2.05) is 0 Å². The summed E-state index contributed by atoms with van der Waals surface area (Å²) in [6.45, 7) is -1.05. The number of rotatable bonds is 9. The predicted molar refractivity (Wildman–Crippen MR) is 66.5 cm³/mol. The van der Waals surface area contributed by atoms with E-state index in [0.29, 0.717) is 0 Å². The van der Waals surface area contributed by atoms with Crippen molar-refractivity contribution >= 4 is 11.8 Å². The number of amides is 2. The molecule has 0 aliphatic carbocycles. The van der Waals surface area contributed by atoms with Gasteiger partial charge >= 0.3 is 24.2 Å². The van der Waals surface area contributed by atoms with E-state index < -0.39 is 49.1 Å². The van der Waals surface area contributed by atoms with E-state index in [9.17, 15) is 53.5 Å². The normalized spacial score (nSPS) is 13.5. The fourth-order valence-corrected chi connectivity index (χ4v) is 1.49. The van der Waals surface area contributed by atoms with Crippen LogP contribution in [0.25, 0.3) is 0 Å². The largest absolute Gasteiger partial charge is 0.463 e. The fourth-order valence-electron chi connectivity index (χ4n) is 1.49. The quantitative estimate of drug-likeness (QED) is 0.455. The van der Waals surface area contributed by atoms with Crippen LogP contribution in [0.5, 0.6) is 0 Å². The summed E-state index contributed by atoms with van der Waals surface area (Å²) in [6.07, 6.45) is -11.9. The maximum atomic E-state index is 12.5. The molecule has 0 saturated carbocycles. The van der Waals surface area contributed by atoms with Crippen molar-refractivity contribution in [1.82, 2.24) is 10.6 Å². The van der Waals surface area contributed by atoms with Crippen molar-refractivity contribution in [3.8, 4) is 0 Å². The number of hydrogen-bond donors (Lipinski definition) is 2. The molecule has 26 heavy (non-hydrogen) atoms. The Morgan fingerprint density at radius 3 is 1.04 bits per heavy atom. The van der Waals surface area contributed by atoms with Gasteiger partial charge < -0.3 is 10.6 Å². The molecule has 0 heterocycles. The Hall–Kier alpha value is -1.76.